The minimum Gasteiger partial charge on any atom is -0.308 e. The highest BCUT2D eigenvalue weighted by atomic mass is 32.2. The van der Waals surface area contributed by atoms with Crippen molar-refractivity contribution in [2.75, 3.05) is 10.6 Å². The van der Waals surface area contributed by atoms with Gasteiger partial charge >= 0.3 is 6.03 Å². The quantitative estimate of drug-likeness (QED) is 0.285. The van der Waals surface area contributed by atoms with Gasteiger partial charge in [-0.2, -0.15) is 0 Å². The highest BCUT2D eigenvalue weighted by molar-refractivity contribution is 7.91. The Kier molecular flexibility index (Phi) is 7.99. The summed E-state index contributed by atoms with van der Waals surface area (Å²) < 4.78 is 51.9. The van der Waals surface area contributed by atoms with Crippen LogP contribution in [0.4, 0.5) is 16.2 Å². The summed E-state index contributed by atoms with van der Waals surface area (Å²) in [5.41, 5.74) is 3.53. The molecule has 4 aromatic carbocycles. The number of rotatable bonds is 8. The van der Waals surface area contributed by atoms with Gasteiger partial charge in [-0.1, -0.05) is 72.3 Å². The number of carbonyl (C=O) groups is 1. The van der Waals surface area contributed by atoms with Crippen LogP contribution in [0.3, 0.4) is 0 Å². The first-order valence-corrected chi connectivity index (χ1v) is 15.2. The van der Waals surface area contributed by atoms with Gasteiger partial charge in [0.15, 0.2) is 19.7 Å². The predicted octanol–water partition coefficient (Wildman–Crippen LogP) is 5.90. The first kappa shape index (κ1) is 27.1. The maximum absolute atomic E-state index is 13.0. The molecule has 0 saturated carbocycles. The zero-order chi connectivity index (χ0) is 27.3. The fourth-order valence-electron chi connectivity index (χ4n) is 3.93. The van der Waals surface area contributed by atoms with Gasteiger partial charge in [-0.3, -0.25) is 0 Å². The van der Waals surface area contributed by atoms with Gasteiger partial charge in [0.1, 0.15) is 0 Å². The van der Waals surface area contributed by atoms with E-state index in [1.165, 1.54) is 18.2 Å². The molecule has 0 aliphatic heterocycles. The van der Waals surface area contributed by atoms with Crippen molar-refractivity contribution in [3.8, 4) is 0 Å². The van der Waals surface area contributed by atoms with Crippen LogP contribution in [-0.4, -0.2) is 22.9 Å². The lowest BCUT2D eigenvalue weighted by molar-refractivity contribution is 0.262. The van der Waals surface area contributed by atoms with Crippen molar-refractivity contribution in [2.24, 2.45) is 0 Å². The Bertz CT molecular complexity index is 1670. The van der Waals surface area contributed by atoms with E-state index in [4.69, 9.17) is 0 Å². The monoisotopic (exact) mass is 548 g/mol. The normalized spacial score (nSPS) is 11.6. The second kappa shape index (κ2) is 11.2. The third-order valence-electron chi connectivity index (χ3n) is 5.91. The van der Waals surface area contributed by atoms with Gasteiger partial charge in [-0.25, -0.2) is 21.6 Å². The molecule has 2 N–H and O–H groups in total. The van der Waals surface area contributed by atoms with Crippen molar-refractivity contribution >= 4 is 37.1 Å². The molecule has 9 heteroatoms. The molecule has 0 spiro atoms. The molecule has 0 radical (unpaired) electrons. The Morgan fingerprint density at radius 1 is 0.632 bits per heavy atom. The molecule has 0 aromatic heterocycles. The number of benzene rings is 4. The number of hydrogen-bond donors (Lipinski definition) is 2. The van der Waals surface area contributed by atoms with Gasteiger partial charge in [0.05, 0.1) is 21.3 Å². The molecule has 7 nitrogen and oxygen atoms in total. The van der Waals surface area contributed by atoms with E-state index in [1.807, 2.05) is 25.1 Å². The van der Waals surface area contributed by atoms with Crippen LogP contribution in [0.2, 0.25) is 0 Å². The molecule has 0 bridgehead atoms. The molecule has 2 amide bonds. The zero-order valence-corrected chi connectivity index (χ0v) is 22.6. The lowest BCUT2D eigenvalue weighted by atomic mass is 10.2. The van der Waals surface area contributed by atoms with Crippen LogP contribution in [0.1, 0.15) is 22.3 Å². The molecule has 0 unspecified atom stereocenters. The molecule has 0 atom stereocenters. The van der Waals surface area contributed by atoms with Crippen LogP contribution in [0.5, 0.6) is 0 Å². The number of anilines is 2. The predicted molar refractivity (Wildman–Crippen MR) is 150 cm³/mol. The standard InChI is InChI=1S/C29H28N2O5S2/c1-21-11-14-24(15-12-21)19-37(33,34)27-10-6-9-25(17-27)30-29(32)31-26-16-13-22(2)28(18-26)38(35,36)20-23-7-4-3-5-8-23/h3-18H,19-20H2,1-2H3,(H2,30,31,32). The van der Waals surface area contributed by atoms with E-state index >= 15 is 0 Å². The first-order valence-electron chi connectivity index (χ1n) is 11.9. The number of urea groups is 1. The number of sulfone groups is 2. The van der Waals surface area contributed by atoms with E-state index in [2.05, 4.69) is 10.6 Å². The van der Waals surface area contributed by atoms with E-state index < -0.39 is 25.7 Å². The summed E-state index contributed by atoms with van der Waals surface area (Å²) in [6, 6.07) is 26.2. The molecular formula is C29H28N2O5S2. The number of hydrogen-bond acceptors (Lipinski definition) is 5. The Morgan fingerprint density at radius 2 is 1.24 bits per heavy atom. The van der Waals surface area contributed by atoms with E-state index in [0.717, 1.165) is 5.56 Å². The van der Waals surface area contributed by atoms with E-state index in [0.29, 0.717) is 22.4 Å². The van der Waals surface area contributed by atoms with Crippen LogP contribution >= 0.6 is 0 Å². The van der Waals surface area contributed by atoms with Crippen LogP contribution in [0, 0.1) is 13.8 Å². The van der Waals surface area contributed by atoms with E-state index in [-0.39, 0.29) is 27.0 Å². The summed E-state index contributed by atoms with van der Waals surface area (Å²) >= 11 is 0. The highest BCUT2D eigenvalue weighted by Gasteiger charge is 2.20. The zero-order valence-electron chi connectivity index (χ0n) is 21.0. The van der Waals surface area contributed by atoms with Crippen molar-refractivity contribution in [3.63, 3.8) is 0 Å². The average molecular weight is 549 g/mol. The second-order valence-electron chi connectivity index (χ2n) is 9.08. The summed E-state index contributed by atoms with van der Waals surface area (Å²) in [5.74, 6) is -0.319. The van der Waals surface area contributed by atoms with Crippen molar-refractivity contribution in [1.82, 2.24) is 0 Å². The minimum atomic E-state index is -3.65. The fraction of sp³-hybridized carbons (Fsp3) is 0.138. The first-order chi connectivity index (χ1) is 18.0. The average Bonchev–Trinajstić information content (AvgIpc) is 2.87. The maximum atomic E-state index is 13.0. The van der Waals surface area contributed by atoms with Gasteiger partial charge in [-0.05, 0) is 60.9 Å². The van der Waals surface area contributed by atoms with Crippen molar-refractivity contribution in [3.05, 3.63) is 119 Å². The minimum absolute atomic E-state index is 0.0838. The molecule has 38 heavy (non-hydrogen) atoms. The van der Waals surface area contributed by atoms with Gasteiger partial charge in [0.2, 0.25) is 0 Å². The molecular weight excluding hydrogens is 520 g/mol. The van der Waals surface area contributed by atoms with Gasteiger partial charge in [0.25, 0.3) is 0 Å². The Morgan fingerprint density at radius 3 is 1.92 bits per heavy atom. The molecule has 196 valence electrons. The van der Waals surface area contributed by atoms with E-state index in [1.54, 1.807) is 67.6 Å². The van der Waals surface area contributed by atoms with Gasteiger partial charge in [0, 0.05) is 11.4 Å². The molecule has 0 aliphatic rings. The van der Waals surface area contributed by atoms with Crippen LogP contribution in [0.15, 0.2) is 107 Å². The van der Waals surface area contributed by atoms with Crippen molar-refractivity contribution in [1.29, 1.82) is 0 Å². The third-order valence-corrected chi connectivity index (χ3v) is 9.42. The summed E-state index contributed by atoms with van der Waals surface area (Å²) in [7, 11) is -7.28. The molecule has 0 fully saturated rings. The summed E-state index contributed by atoms with van der Waals surface area (Å²) in [4.78, 5) is 12.9. The Balaban J connectivity index is 1.47. The fourth-order valence-corrected chi connectivity index (χ4v) is 6.97. The Labute approximate surface area is 223 Å². The molecule has 4 rings (SSSR count). The maximum Gasteiger partial charge on any atom is 0.323 e. The number of carbonyl (C=O) groups excluding carboxylic acids is 1. The van der Waals surface area contributed by atoms with Crippen LogP contribution < -0.4 is 10.6 Å². The topological polar surface area (TPSA) is 109 Å². The van der Waals surface area contributed by atoms with Crippen molar-refractivity contribution in [2.45, 2.75) is 35.1 Å². The van der Waals surface area contributed by atoms with Gasteiger partial charge < -0.3 is 10.6 Å². The smallest absolute Gasteiger partial charge is 0.308 e. The summed E-state index contributed by atoms with van der Waals surface area (Å²) in [6.07, 6.45) is 0. The van der Waals surface area contributed by atoms with Gasteiger partial charge in [-0.15, -0.1) is 0 Å². The second-order valence-corrected chi connectivity index (χ2v) is 13.0. The Hall–Kier alpha value is -3.95. The van der Waals surface area contributed by atoms with Crippen molar-refractivity contribution < 1.29 is 21.6 Å². The number of amides is 2. The molecule has 0 saturated heterocycles. The molecule has 4 aromatic rings. The van der Waals surface area contributed by atoms with Crippen LogP contribution in [-0.2, 0) is 31.2 Å². The highest BCUT2D eigenvalue weighted by Crippen LogP contribution is 2.25. The molecule has 0 aliphatic carbocycles. The summed E-state index contributed by atoms with van der Waals surface area (Å²) in [6.45, 7) is 3.63. The third kappa shape index (κ3) is 6.87. The lowest BCUT2D eigenvalue weighted by Crippen LogP contribution is -2.20. The lowest BCUT2D eigenvalue weighted by Gasteiger charge is -2.13. The summed E-state index contributed by atoms with van der Waals surface area (Å²) in [5, 5.41) is 5.26. The SMILES string of the molecule is Cc1ccc(CS(=O)(=O)c2cccc(NC(=O)Nc3ccc(C)c(S(=O)(=O)Cc4ccccc4)c3)c2)cc1. The largest absolute Gasteiger partial charge is 0.323 e. The van der Waals surface area contributed by atoms with E-state index in [9.17, 15) is 21.6 Å². The number of aryl methyl sites for hydroxylation is 2. The molecule has 0 heterocycles. The van der Waals surface area contributed by atoms with Crippen LogP contribution in [0.25, 0.3) is 0 Å². The number of nitrogens with one attached hydrogen (secondary N) is 2.